The normalized spacial score (nSPS) is 27.1. The number of nitrogens with one attached hydrogen (secondary N) is 1. The van der Waals surface area contributed by atoms with E-state index in [0.717, 1.165) is 0 Å². The van der Waals surface area contributed by atoms with E-state index in [4.69, 9.17) is 0 Å². The van der Waals surface area contributed by atoms with Crippen molar-refractivity contribution in [3.63, 3.8) is 0 Å². The number of alkyl halides is 3. The SMILES string of the molecule is CCNC(=O)Cn1cc(-c2cccc3c2C2(C)C=CC=CC2C3(O)C(F)(F)F)cn1. The summed E-state index contributed by atoms with van der Waals surface area (Å²) in [5, 5.41) is 17.9. The van der Waals surface area contributed by atoms with Crippen LogP contribution in [0.2, 0.25) is 0 Å². The van der Waals surface area contributed by atoms with Crippen molar-refractivity contribution in [3.05, 3.63) is 66.0 Å². The molecule has 0 saturated heterocycles. The molecule has 1 amide bonds. The zero-order chi connectivity index (χ0) is 21.7. The molecule has 0 radical (unpaired) electrons. The molecule has 3 unspecified atom stereocenters. The number of amides is 1. The zero-order valence-electron chi connectivity index (χ0n) is 16.6. The van der Waals surface area contributed by atoms with E-state index in [9.17, 15) is 23.1 Å². The Labute approximate surface area is 171 Å². The highest BCUT2D eigenvalue weighted by molar-refractivity contribution is 5.76. The molecule has 0 fully saturated rings. The third-order valence-electron chi connectivity index (χ3n) is 6.02. The van der Waals surface area contributed by atoms with Crippen molar-refractivity contribution in [2.45, 2.75) is 37.6 Å². The monoisotopic (exact) mass is 417 g/mol. The highest BCUT2D eigenvalue weighted by atomic mass is 19.4. The number of carbonyl (C=O) groups excluding carboxylic acids is 1. The van der Waals surface area contributed by atoms with Crippen molar-refractivity contribution in [1.29, 1.82) is 0 Å². The average Bonchev–Trinajstić information content (AvgIpc) is 3.22. The number of hydrogen-bond acceptors (Lipinski definition) is 3. The number of benzene rings is 1. The van der Waals surface area contributed by atoms with Gasteiger partial charge >= 0.3 is 6.18 Å². The molecular formula is C22H22F3N3O2. The van der Waals surface area contributed by atoms with Crippen molar-refractivity contribution in [3.8, 4) is 11.1 Å². The van der Waals surface area contributed by atoms with Gasteiger partial charge in [-0.1, -0.05) is 49.4 Å². The second kappa shape index (κ2) is 6.84. The van der Waals surface area contributed by atoms with Gasteiger partial charge in [-0.3, -0.25) is 9.48 Å². The minimum Gasteiger partial charge on any atom is -0.376 e. The van der Waals surface area contributed by atoms with Gasteiger partial charge in [0.05, 0.1) is 6.20 Å². The smallest absolute Gasteiger partial charge is 0.376 e. The van der Waals surface area contributed by atoms with Crippen LogP contribution in [0.1, 0.15) is 25.0 Å². The van der Waals surface area contributed by atoms with Crippen molar-refractivity contribution >= 4 is 5.91 Å². The number of carbonyl (C=O) groups is 1. The fourth-order valence-corrected chi connectivity index (χ4v) is 4.72. The molecule has 5 nitrogen and oxygen atoms in total. The van der Waals surface area contributed by atoms with Crippen molar-refractivity contribution in [1.82, 2.24) is 15.1 Å². The van der Waals surface area contributed by atoms with Gasteiger partial charge in [0, 0.05) is 29.6 Å². The third-order valence-corrected chi connectivity index (χ3v) is 6.02. The lowest BCUT2D eigenvalue weighted by Crippen LogP contribution is -2.49. The lowest BCUT2D eigenvalue weighted by Gasteiger charge is -2.38. The highest BCUT2D eigenvalue weighted by Crippen LogP contribution is 2.62. The summed E-state index contributed by atoms with van der Waals surface area (Å²) in [5.74, 6) is -1.39. The summed E-state index contributed by atoms with van der Waals surface area (Å²) in [6.45, 7) is 4.03. The maximum Gasteiger partial charge on any atom is 0.422 e. The van der Waals surface area contributed by atoms with Crippen LogP contribution in [0.4, 0.5) is 13.2 Å². The number of aromatic nitrogens is 2. The molecule has 30 heavy (non-hydrogen) atoms. The van der Waals surface area contributed by atoms with Crippen molar-refractivity contribution in [2.24, 2.45) is 5.92 Å². The van der Waals surface area contributed by atoms with Crippen LogP contribution >= 0.6 is 0 Å². The Morgan fingerprint density at radius 1 is 1.33 bits per heavy atom. The fourth-order valence-electron chi connectivity index (χ4n) is 4.72. The predicted octanol–water partition coefficient (Wildman–Crippen LogP) is 3.45. The molecule has 1 aromatic heterocycles. The van der Waals surface area contributed by atoms with Crippen LogP contribution in [0.25, 0.3) is 11.1 Å². The maximum absolute atomic E-state index is 14.1. The van der Waals surface area contributed by atoms with Crippen LogP contribution in [-0.4, -0.2) is 33.5 Å². The summed E-state index contributed by atoms with van der Waals surface area (Å²) in [4.78, 5) is 11.8. The van der Waals surface area contributed by atoms with E-state index in [0.29, 0.717) is 23.2 Å². The van der Waals surface area contributed by atoms with Crippen molar-refractivity contribution in [2.75, 3.05) is 6.54 Å². The second-order valence-electron chi connectivity index (χ2n) is 7.88. The minimum absolute atomic E-state index is 0.0118. The number of likely N-dealkylation sites (N-methyl/N-ethyl adjacent to an activating group) is 1. The summed E-state index contributed by atoms with van der Waals surface area (Å²) >= 11 is 0. The molecule has 0 saturated carbocycles. The van der Waals surface area contributed by atoms with Crippen LogP contribution < -0.4 is 5.32 Å². The van der Waals surface area contributed by atoms with E-state index in [2.05, 4.69) is 10.4 Å². The van der Waals surface area contributed by atoms with Crippen LogP contribution in [0.5, 0.6) is 0 Å². The second-order valence-corrected chi connectivity index (χ2v) is 7.88. The molecule has 158 valence electrons. The molecule has 2 aliphatic rings. The summed E-state index contributed by atoms with van der Waals surface area (Å²) in [7, 11) is 0. The Morgan fingerprint density at radius 2 is 2.10 bits per heavy atom. The van der Waals surface area contributed by atoms with Gasteiger partial charge in [0.25, 0.3) is 0 Å². The topological polar surface area (TPSA) is 67.2 Å². The van der Waals surface area contributed by atoms with Crippen LogP contribution in [0, 0.1) is 5.92 Å². The molecule has 8 heteroatoms. The lowest BCUT2D eigenvalue weighted by molar-refractivity contribution is -0.280. The van der Waals surface area contributed by atoms with E-state index >= 15 is 0 Å². The number of allylic oxidation sites excluding steroid dienone is 3. The van der Waals surface area contributed by atoms with E-state index in [1.54, 1.807) is 37.4 Å². The Balaban J connectivity index is 1.86. The van der Waals surface area contributed by atoms with E-state index < -0.39 is 23.1 Å². The van der Waals surface area contributed by atoms with Gasteiger partial charge in [0.2, 0.25) is 5.91 Å². The molecule has 2 N–H and O–H groups in total. The predicted molar refractivity (Wildman–Crippen MR) is 105 cm³/mol. The Bertz CT molecular complexity index is 1060. The van der Waals surface area contributed by atoms with E-state index in [-0.39, 0.29) is 18.0 Å². The summed E-state index contributed by atoms with van der Waals surface area (Å²) in [6.07, 6.45) is 4.70. The molecule has 0 bridgehead atoms. The molecule has 2 aliphatic carbocycles. The number of nitrogens with zero attached hydrogens (tertiary/aromatic N) is 2. The summed E-state index contributed by atoms with van der Waals surface area (Å²) in [5.41, 5.74) is -2.62. The standard InChI is InChI=1S/C22H22F3N3O2/c1-3-26-18(29)13-28-12-14(11-27-28)15-7-6-8-16-19(15)20(2)10-5-4-9-17(20)21(16,30)22(23,24)25/h4-12,17,30H,3,13H2,1-2H3,(H,26,29). The first-order valence-electron chi connectivity index (χ1n) is 9.71. The molecule has 0 spiro atoms. The van der Waals surface area contributed by atoms with Gasteiger partial charge in [-0.05, 0) is 23.6 Å². The lowest BCUT2D eigenvalue weighted by atomic mass is 9.69. The molecular weight excluding hydrogens is 395 g/mol. The first-order valence-corrected chi connectivity index (χ1v) is 9.71. The Kier molecular flexibility index (Phi) is 4.65. The maximum atomic E-state index is 14.1. The number of aliphatic hydroxyl groups is 1. The van der Waals surface area contributed by atoms with E-state index in [1.165, 1.54) is 29.1 Å². The third kappa shape index (κ3) is 2.81. The van der Waals surface area contributed by atoms with E-state index in [1.807, 2.05) is 6.92 Å². The molecule has 4 rings (SSSR count). The largest absolute Gasteiger partial charge is 0.422 e. The molecule has 2 aromatic rings. The first-order chi connectivity index (χ1) is 14.1. The first kappa shape index (κ1) is 20.4. The van der Waals surface area contributed by atoms with Crippen molar-refractivity contribution < 1.29 is 23.1 Å². The van der Waals surface area contributed by atoms with Crippen LogP contribution in [0.15, 0.2) is 54.9 Å². The zero-order valence-corrected chi connectivity index (χ0v) is 16.6. The minimum atomic E-state index is -4.85. The van der Waals surface area contributed by atoms with Gasteiger partial charge in [0.1, 0.15) is 6.54 Å². The summed E-state index contributed by atoms with van der Waals surface area (Å²) in [6, 6.07) is 4.58. The molecule has 3 atom stereocenters. The molecule has 1 heterocycles. The van der Waals surface area contributed by atoms with Crippen LogP contribution in [-0.2, 0) is 22.4 Å². The Morgan fingerprint density at radius 3 is 2.80 bits per heavy atom. The number of rotatable bonds is 4. The number of hydrogen-bond donors (Lipinski definition) is 2. The summed E-state index contributed by atoms with van der Waals surface area (Å²) < 4.78 is 43.9. The van der Waals surface area contributed by atoms with Gasteiger partial charge in [-0.2, -0.15) is 18.3 Å². The molecule has 1 aromatic carbocycles. The van der Waals surface area contributed by atoms with Crippen LogP contribution in [0.3, 0.4) is 0 Å². The highest BCUT2D eigenvalue weighted by Gasteiger charge is 2.68. The quantitative estimate of drug-likeness (QED) is 0.801. The van der Waals surface area contributed by atoms with Gasteiger partial charge in [-0.15, -0.1) is 0 Å². The fraction of sp³-hybridized carbons (Fsp3) is 0.364. The molecule has 0 aliphatic heterocycles. The van der Waals surface area contributed by atoms with Gasteiger partial charge < -0.3 is 10.4 Å². The number of fused-ring (bicyclic) bond motifs is 3. The van der Waals surface area contributed by atoms with Gasteiger partial charge in [-0.25, -0.2) is 0 Å². The number of halogens is 3. The van der Waals surface area contributed by atoms with Gasteiger partial charge in [0.15, 0.2) is 5.60 Å². The average molecular weight is 417 g/mol. The Hall–Kier alpha value is -2.87.